The molecule has 2 aromatic carbocycles. The number of benzene rings is 2. The van der Waals surface area contributed by atoms with Gasteiger partial charge < -0.3 is 14.0 Å². The van der Waals surface area contributed by atoms with Gasteiger partial charge >= 0.3 is 5.97 Å². The van der Waals surface area contributed by atoms with Crippen molar-refractivity contribution in [3.63, 3.8) is 0 Å². The van der Waals surface area contributed by atoms with Crippen molar-refractivity contribution in [2.75, 3.05) is 6.61 Å². The molecule has 8 heteroatoms. The Balaban J connectivity index is 1.52. The molecule has 0 fully saturated rings. The van der Waals surface area contributed by atoms with Crippen molar-refractivity contribution in [1.82, 2.24) is 10.1 Å². The lowest BCUT2D eigenvalue weighted by Gasteiger charge is -2.05. The first-order chi connectivity index (χ1) is 12.1. The second-order valence-electron chi connectivity index (χ2n) is 4.90. The van der Waals surface area contributed by atoms with E-state index in [1.54, 1.807) is 48.5 Å². The minimum atomic E-state index is -0.566. The molecule has 128 valence electrons. The summed E-state index contributed by atoms with van der Waals surface area (Å²) in [7, 11) is 0. The van der Waals surface area contributed by atoms with E-state index in [2.05, 4.69) is 10.1 Å². The van der Waals surface area contributed by atoms with Gasteiger partial charge in [-0.25, -0.2) is 4.79 Å². The molecule has 0 saturated carbocycles. The zero-order valence-electron chi connectivity index (χ0n) is 12.8. The Morgan fingerprint density at radius 3 is 2.76 bits per heavy atom. The zero-order valence-corrected chi connectivity index (χ0v) is 14.3. The molecule has 0 bridgehead atoms. The smallest absolute Gasteiger partial charge is 0.344 e. The third-order valence-corrected chi connectivity index (χ3v) is 3.65. The molecule has 0 aliphatic heterocycles. The van der Waals surface area contributed by atoms with Gasteiger partial charge in [-0.3, -0.25) is 0 Å². The van der Waals surface area contributed by atoms with Crippen LogP contribution >= 0.6 is 23.2 Å². The minimum absolute atomic E-state index is 0.133. The number of rotatable bonds is 6. The van der Waals surface area contributed by atoms with Crippen LogP contribution in [0.3, 0.4) is 0 Å². The van der Waals surface area contributed by atoms with Gasteiger partial charge in [-0.2, -0.15) is 4.98 Å². The number of nitrogens with zero attached hydrogens (tertiary/aromatic N) is 2. The fourth-order valence-electron chi connectivity index (χ4n) is 1.94. The van der Waals surface area contributed by atoms with Gasteiger partial charge in [-0.15, -0.1) is 0 Å². The van der Waals surface area contributed by atoms with Crippen molar-refractivity contribution in [3.05, 3.63) is 64.4 Å². The number of halogens is 2. The highest BCUT2D eigenvalue weighted by molar-refractivity contribution is 6.33. The van der Waals surface area contributed by atoms with Crippen LogP contribution in [0.5, 0.6) is 5.75 Å². The summed E-state index contributed by atoms with van der Waals surface area (Å²) in [5.41, 5.74) is 0.610. The van der Waals surface area contributed by atoms with Crippen LogP contribution < -0.4 is 4.74 Å². The molecule has 3 rings (SSSR count). The standard InChI is InChI=1S/C17H12Cl2N2O4/c18-11-4-3-5-12(8-11)23-10-16(22)24-9-15-20-17(25-21-15)13-6-1-2-7-14(13)19/h1-8H,9-10H2. The van der Waals surface area contributed by atoms with E-state index < -0.39 is 5.97 Å². The Bertz CT molecular complexity index is 882. The lowest BCUT2D eigenvalue weighted by Crippen LogP contribution is -2.15. The SMILES string of the molecule is O=C(COc1cccc(Cl)c1)OCc1noc(-c2ccccc2Cl)n1. The summed E-state index contributed by atoms with van der Waals surface area (Å²) >= 11 is 11.9. The van der Waals surface area contributed by atoms with Gasteiger partial charge in [0.2, 0.25) is 5.82 Å². The number of carbonyl (C=O) groups is 1. The number of aromatic nitrogens is 2. The van der Waals surface area contributed by atoms with Gasteiger partial charge in [-0.05, 0) is 30.3 Å². The van der Waals surface area contributed by atoms with Gasteiger partial charge in [0.05, 0.1) is 10.6 Å². The molecule has 0 spiro atoms. The first-order valence-corrected chi connectivity index (χ1v) is 7.99. The average Bonchev–Trinajstić information content (AvgIpc) is 3.07. The molecule has 0 aliphatic carbocycles. The number of ether oxygens (including phenoxy) is 2. The van der Waals surface area contributed by atoms with Crippen molar-refractivity contribution in [1.29, 1.82) is 0 Å². The molecule has 0 N–H and O–H groups in total. The molecule has 0 radical (unpaired) electrons. The fourth-order valence-corrected chi connectivity index (χ4v) is 2.34. The summed E-state index contributed by atoms with van der Waals surface area (Å²) in [5, 5.41) is 4.76. The predicted molar refractivity (Wildman–Crippen MR) is 91.5 cm³/mol. The summed E-state index contributed by atoms with van der Waals surface area (Å²) in [4.78, 5) is 15.9. The van der Waals surface area contributed by atoms with Gasteiger partial charge in [0.25, 0.3) is 5.89 Å². The maximum atomic E-state index is 11.7. The molecule has 0 aliphatic rings. The second-order valence-corrected chi connectivity index (χ2v) is 5.75. The maximum Gasteiger partial charge on any atom is 0.344 e. The van der Waals surface area contributed by atoms with E-state index in [0.29, 0.717) is 21.4 Å². The van der Waals surface area contributed by atoms with Gasteiger partial charge in [-0.1, -0.05) is 46.6 Å². The molecule has 0 atom stereocenters. The lowest BCUT2D eigenvalue weighted by atomic mass is 10.2. The highest BCUT2D eigenvalue weighted by Crippen LogP contribution is 2.25. The highest BCUT2D eigenvalue weighted by Gasteiger charge is 2.13. The second kappa shape index (κ2) is 8.00. The maximum absolute atomic E-state index is 11.7. The molecule has 1 heterocycles. The van der Waals surface area contributed by atoms with E-state index in [1.807, 2.05) is 0 Å². The van der Waals surface area contributed by atoms with Crippen molar-refractivity contribution in [2.24, 2.45) is 0 Å². The van der Waals surface area contributed by atoms with Crippen LogP contribution in [0.25, 0.3) is 11.5 Å². The van der Waals surface area contributed by atoms with E-state index in [4.69, 9.17) is 37.2 Å². The zero-order chi connectivity index (χ0) is 17.6. The Morgan fingerprint density at radius 1 is 1.12 bits per heavy atom. The molecule has 6 nitrogen and oxygen atoms in total. The first kappa shape index (κ1) is 17.3. The highest BCUT2D eigenvalue weighted by atomic mass is 35.5. The van der Waals surface area contributed by atoms with E-state index in [-0.39, 0.29) is 24.9 Å². The molecule has 0 unspecified atom stereocenters. The fraction of sp³-hybridized carbons (Fsp3) is 0.118. The predicted octanol–water partition coefficient (Wildman–Crippen LogP) is 4.17. The summed E-state index contributed by atoms with van der Waals surface area (Å²) < 4.78 is 15.5. The summed E-state index contributed by atoms with van der Waals surface area (Å²) in [5.74, 6) is 0.395. The largest absolute Gasteiger partial charge is 0.482 e. The Labute approximate surface area is 153 Å². The van der Waals surface area contributed by atoms with Gasteiger partial charge in [0.15, 0.2) is 13.2 Å². The number of esters is 1. The molecule has 3 aromatic rings. The molecular formula is C17H12Cl2N2O4. The third-order valence-electron chi connectivity index (χ3n) is 3.09. The van der Waals surface area contributed by atoms with Gasteiger partial charge in [0, 0.05) is 5.02 Å². The van der Waals surface area contributed by atoms with Crippen LogP contribution in [0.15, 0.2) is 53.1 Å². The van der Waals surface area contributed by atoms with Crippen molar-refractivity contribution < 1.29 is 18.8 Å². The first-order valence-electron chi connectivity index (χ1n) is 7.23. The number of hydrogen-bond donors (Lipinski definition) is 0. The average molecular weight is 379 g/mol. The molecular weight excluding hydrogens is 367 g/mol. The summed E-state index contributed by atoms with van der Waals surface area (Å²) in [6.45, 7) is -0.388. The third kappa shape index (κ3) is 4.71. The van der Waals surface area contributed by atoms with Crippen LogP contribution in [-0.2, 0) is 16.1 Å². The molecule has 25 heavy (non-hydrogen) atoms. The van der Waals surface area contributed by atoms with Crippen LogP contribution in [0.2, 0.25) is 10.0 Å². The van der Waals surface area contributed by atoms with E-state index in [1.165, 1.54) is 0 Å². The van der Waals surface area contributed by atoms with Crippen molar-refractivity contribution in [3.8, 4) is 17.2 Å². The Kier molecular flexibility index (Phi) is 5.53. The summed E-state index contributed by atoms with van der Waals surface area (Å²) in [6.07, 6.45) is 0. The lowest BCUT2D eigenvalue weighted by molar-refractivity contribution is -0.147. The van der Waals surface area contributed by atoms with Crippen molar-refractivity contribution >= 4 is 29.2 Å². The van der Waals surface area contributed by atoms with E-state index in [0.717, 1.165) is 0 Å². The quantitative estimate of drug-likeness (QED) is 0.599. The Hall–Kier alpha value is -2.57. The van der Waals surface area contributed by atoms with Crippen LogP contribution in [-0.4, -0.2) is 22.7 Å². The molecule has 1 aromatic heterocycles. The Morgan fingerprint density at radius 2 is 1.96 bits per heavy atom. The van der Waals surface area contributed by atoms with E-state index >= 15 is 0 Å². The molecule has 0 saturated heterocycles. The molecule has 0 amide bonds. The van der Waals surface area contributed by atoms with Crippen LogP contribution in [0.1, 0.15) is 5.82 Å². The monoisotopic (exact) mass is 378 g/mol. The van der Waals surface area contributed by atoms with E-state index in [9.17, 15) is 4.79 Å². The summed E-state index contributed by atoms with van der Waals surface area (Å²) in [6, 6.07) is 13.8. The normalized spacial score (nSPS) is 10.5. The number of hydrogen-bond acceptors (Lipinski definition) is 6. The topological polar surface area (TPSA) is 74.5 Å². The minimum Gasteiger partial charge on any atom is -0.482 e. The number of carbonyl (C=O) groups excluding carboxylic acids is 1. The van der Waals surface area contributed by atoms with Gasteiger partial charge in [0.1, 0.15) is 5.75 Å². The van der Waals surface area contributed by atoms with Crippen molar-refractivity contribution in [2.45, 2.75) is 6.61 Å². The van der Waals surface area contributed by atoms with Crippen LogP contribution in [0.4, 0.5) is 0 Å². The van der Waals surface area contributed by atoms with Crippen LogP contribution in [0, 0.1) is 0 Å².